The van der Waals surface area contributed by atoms with Crippen molar-refractivity contribution in [2.45, 2.75) is 19.0 Å². The van der Waals surface area contributed by atoms with Crippen molar-refractivity contribution in [3.05, 3.63) is 59.7 Å². The van der Waals surface area contributed by atoms with E-state index in [4.69, 9.17) is 0 Å². The van der Waals surface area contributed by atoms with Crippen LogP contribution in [0.2, 0.25) is 0 Å². The molecule has 3 rings (SSSR count). The Morgan fingerprint density at radius 3 is 3.06 bits per heavy atom. The largest absolute Gasteiger partial charge is 0.350 e. The maximum atomic E-state index is 13.3. The van der Waals surface area contributed by atoms with Crippen LogP contribution in [0.1, 0.15) is 23.7 Å². The summed E-state index contributed by atoms with van der Waals surface area (Å²) < 4.78 is 15.5. The third-order valence-electron chi connectivity index (χ3n) is 3.27. The first-order valence-electron chi connectivity index (χ1n) is 5.98. The van der Waals surface area contributed by atoms with Gasteiger partial charge in [0.25, 0.3) is 0 Å². The van der Waals surface area contributed by atoms with Crippen LogP contribution in [0.5, 0.6) is 0 Å². The molecule has 0 spiro atoms. The van der Waals surface area contributed by atoms with Gasteiger partial charge in [0.15, 0.2) is 0 Å². The minimum Gasteiger partial charge on any atom is -0.350 e. The molecule has 0 saturated heterocycles. The van der Waals surface area contributed by atoms with Crippen molar-refractivity contribution in [2.75, 3.05) is 6.54 Å². The van der Waals surface area contributed by atoms with E-state index < -0.39 is 0 Å². The second kappa shape index (κ2) is 4.34. The molecular formula is C14H15FN2. The summed E-state index contributed by atoms with van der Waals surface area (Å²) in [7, 11) is 0. The molecule has 0 fully saturated rings. The lowest BCUT2D eigenvalue weighted by molar-refractivity contribution is 0.593. The van der Waals surface area contributed by atoms with Crippen LogP contribution >= 0.6 is 0 Å². The lowest BCUT2D eigenvalue weighted by Gasteiger charge is -2.17. The van der Waals surface area contributed by atoms with E-state index in [-0.39, 0.29) is 11.9 Å². The first-order chi connectivity index (χ1) is 8.34. The Bertz CT molecular complexity index is 518. The topological polar surface area (TPSA) is 17.0 Å². The fourth-order valence-electron chi connectivity index (χ4n) is 2.47. The van der Waals surface area contributed by atoms with Gasteiger partial charge in [-0.05, 0) is 42.8 Å². The Kier molecular flexibility index (Phi) is 2.69. The number of aromatic nitrogens is 1. The van der Waals surface area contributed by atoms with E-state index in [0.717, 1.165) is 25.1 Å². The van der Waals surface area contributed by atoms with Crippen LogP contribution in [0.15, 0.2) is 42.6 Å². The van der Waals surface area contributed by atoms with Gasteiger partial charge in [0, 0.05) is 18.4 Å². The molecule has 17 heavy (non-hydrogen) atoms. The van der Waals surface area contributed by atoms with Gasteiger partial charge in [-0.25, -0.2) is 4.39 Å². The van der Waals surface area contributed by atoms with Gasteiger partial charge in [0.1, 0.15) is 5.82 Å². The van der Waals surface area contributed by atoms with Gasteiger partial charge in [0.05, 0.1) is 6.04 Å². The third kappa shape index (κ3) is 1.98. The lowest BCUT2D eigenvalue weighted by Crippen LogP contribution is -2.22. The van der Waals surface area contributed by atoms with Crippen LogP contribution < -0.4 is 5.32 Å². The van der Waals surface area contributed by atoms with Crippen molar-refractivity contribution in [3.8, 4) is 0 Å². The highest BCUT2D eigenvalue weighted by atomic mass is 19.1. The Morgan fingerprint density at radius 2 is 2.18 bits per heavy atom. The van der Waals surface area contributed by atoms with Gasteiger partial charge in [-0.3, -0.25) is 0 Å². The predicted octanol–water partition coefficient (Wildman–Crippen LogP) is 2.71. The van der Waals surface area contributed by atoms with Gasteiger partial charge in [-0.2, -0.15) is 0 Å². The van der Waals surface area contributed by atoms with Crippen LogP contribution in [0.3, 0.4) is 0 Å². The van der Waals surface area contributed by atoms with E-state index in [0.29, 0.717) is 0 Å². The Hall–Kier alpha value is -1.61. The highest BCUT2D eigenvalue weighted by molar-refractivity contribution is 5.29. The van der Waals surface area contributed by atoms with Crippen molar-refractivity contribution in [3.63, 3.8) is 0 Å². The summed E-state index contributed by atoms with van der Waals surface area (Å²) in [6.07, 6.45) is 3.20. The molecule has 0 bridgehead atoms. The molecule has 1 atom stereocenters. The number of aryl methyl sites for hydroxylation is 1. The normalized spacial score (nSPS) is 19.7. The molecule has 1 unspecified atom stereocenters. The number of hydrogen-bond donors (Lipinski definition) is 1. The van der Waals surface area contributed by atoms with E-state index in [9.17, 15) is 4.39 Å². The molecule has 1 aromatic carbocycles. The number of rotatable bonds is 1. The van der Waals surface area contributed by atoms with Crippen LogP contribution in [-0.4, -0.2) is 11.1 Å². The highest BCUT2D eigenvalue weighted by Gasteiger charge is 2.19. The zero-order chi connectivity index (χ0) is 11.7. The number of fused-ring (bicyclic) bond motifs is 1. The molecule has 3 heteroatoms. The van der Waals surface area contributed by atoms with Gasteiger partial charge in [0.2, 0.25) is 0 Å². The summed E-state index contributed by atoms with van der Waals surface area (Å²) in [5, 5.41) is 3.48. The standard InChI is InChI=1S/C14H15FN2/c15-12-5-1-4-11(10-12)14-13-6-2-8-17(13)9-3-7-16-14/h1-2,4-6,8,10,14,16H,3,7,9H2. The molecule has 1 aromatic heterocycles. The SMILES string of the molecule is Fc1cccc(C2NCCCn3cccc32)c1. The molecule has 2 heterocycles. The number of benzene rings is 1. The number of hydrogen-bond acceptors (Lipinski definition) is 1. The summed E-state index contributed by atoms with van der Waals surface area (Å²) in [4.78, 5) is 0. The van der Waals surface area contributed by atoms with E-state index in [2.05, 4.69) is 28.2 Å². The van der Waals surface area contributed by atoms with Gasteiger partial charge in [-0.1, -0.05) is 12.1 Å². The molecular weight excluding hydrogens is 215 g/mol. The maximum absolute atomic E-state index is 13.3. The fraction of sp³-hybridized carbons (Fsp3) is 0.286. The fourth-order valence-corrected chi connectivity index (χ4v) is 2.47. The quantitative estimate of drug-likeness (QED) is 0.797. The zero-order valence-corrected chi connectivity index (χ0v) is 9.57. The Morgan fingerprint density at radius 1 is 1.24 bits per heavy atom. The average Bonchev–Trinajstić information content (AvgIpc) is 2.69. The molecule has 0 aliphatic carbocycles. The number of nitrogens with zero attached hydrogens (tertiary/aromatic N) is 1. The van der Waals surface area contributed by atoms with E-state index in [1.165, 1.54) is 11.8 Å². The molecule has 1 aliphatic heterocycles. The van der Waals surface area contributed by atoms with Crippen LogP contribution in [0, 0.1) is 5.82 Å². The van der Waals surface area contributed by atoms with Gasteiger partial charge < -0.3 is 9.88 Å². The maximum Gasteiger partial charge on any atom is 0.123 e. The first kappa shape index (κ1) is 10.5. The van der Waals surface area contributed by atoms with Crippen molar-refractivity contribution in [1.29, 1.82) is 0 Å². The van der Waals surface area contributed by atoms with Crippen molar-refractivity contribution < 1.29 is 4.39 Å². The molecule has 0 radical (unpaired) electrons. The highest BCUT2D eigenvalue weighted by Crippen LogP contribution is 2.25. The molecule has 1 N–H and O–H groups in total. The number of nitrogens with one attached hydrogen (secondary N) is 1. The minimum atomic E-state index is -0.174. The summed E-state index contributed by atoms with van der Waals surface area (Å²) in [5.74, 6) is -0.174. The smallest absolute Gasteiger partial charge is 0.123 e. The first-order valence-corrected chi connectivity index (χ1v) is 5.98. The predicted molar refractivity (Wildman–Crippen MR) is 65.3 cm³/mol. The van der Waals surface area contributed by atoms with Crippen molar-refractivity contribution in [2.24, 2.45) is 0 Å². The van der Waals surface area contributed by atoms with E-state index >= 15 is 0 Å². The molecule has 1 aliphatic rings. The summed E-state index contributed by atoms with van der Waals surface area (Å²) in [5.41, 5.74) is 2.21. The van der Waals surface area contributed by atoms with Gasteiger partial charge in [-0.15, -0.1) is 0 Å². The lowest BCUT2D eigenvalue weighted by atomic mass is 10.0. The molecule has 88 valence electrons. The molecule has 0 amide bonds. The summed E-state index contributed by atoms with van der Waals surface area (Å²) in [6.45, 7) is 1.99. The average molecular weight is 230 g/mol. The zero-order valence-electron chi connectivity index (χ0n) is 9.57. The summed E-state index contributed by atoms with van der Waals surface area (Å²) in [6, 6.07) is 11.1. The van der Waals surface area contributed by atoms with E-state index in [1.54, 1.807) is 12.1 Å². The molecule has 2 nitrogen and oxygen atoms in total. The summed E-state index contributed by atoms with van der Waals surface area (Å²) >= 11 is 0. The second-order valence-electron chi connectivity index (χ2n) is 4.42. The van der Waals surface area contributed by atoms with Crippen molar-refractivity contribution >= 4 is 0 Å². The molecule has 2 aromatic rings. The second-order valence-corrected chi connectivity index (χ2v) is 4.42. The Labute approximate surface area is 100 Å². The van der Waals surface area contributed by atoms with Gasteiger partial charge >= 0.3 is 0 Å². The monoisotopic (exact) mass is 230 g/mol. The van der Waals surface area contributed by atoms with Crippen molar-refractivity contribution in [1.82, 2.24) is 9.88 Å². The minimum absolute atomic E-state index is 0.100. The number of halogens is 1. The van der Waals surface area contributed by atoms with Crippen LogP contribution in [-0.2, 0) is 6.54 Å². The third-order valence-corrected chi connectivity index (χ3v) is 3.27. The molecule has 0 saturated carbocycles. The van der Waals surface area contributed by atoms with Crippen LogP contribution in [0.25, 0.3) is 0 Å². The Balaban J connectivity index is 2.03. The van der Waals surface area contributed by atoms with E-state index in [1.807, 2.05) is 6.07 Å². The van der Waals surface area contributed by atoms with Crippen LogP contribution in [0.4, 0.5) is 4.39 Å².